The topological polar surface area (TPSA) is 24.8 Å². The molecule has 0 aliphatic carbocycles. The minimum Gasteiger partial charge on any atom is -0.366 e. The summed E-state index contributed by atoms with van der Waals surface area (Å²) in [6.07, 6.45) is 0.759. The van der Waals surface area contributed by atoms with E-state index in [2.05, 4.69) is 55.2 Å². The molecule has 0 aromatic heterocycles. The van der Waals surface area contributed by atoms with E-state index in [1.165, 1.54) is 11.3 Å². The first-order chi connectivity index (χ1) is 8.53. The Morgan fingerprint density at radius 1 is 1.39 bits per heavy atom. The van der Waals surface area contributed by atoms with Crippen molar-refractivity contribution >= 4 is 23.0 Å². The molecule has 3 nitrogen and oxygen atoms in total. The first-order valence-corrected chi connectivity index (χ1v) is 6.69. The predicted octanol–water partition coefficient (Wildman–Crippen LogP) is 3.13. The Hall–Kier alpha value is -1.22. The molecule has 3 rings (SSSR count). The molecule has 1 atom stereocenters. The van der Waals surface area contributed by atoms with Crippen LogP contribution in [0.4, 0.5) is 5.69 Å². The molecule has 2 aliphatic heterocycles. The Labute approximate surface area is 112 Å². The summed E-state index contributed by atoms with van der Waals surface area (Å²) in [7, 11) is 2.07. The van der Waals surface area contributed by atoms with Gasteiger partial charge in [-0.15, -0.1) is 11.6 Å². The lowest BCUT2D eigenvalue weighted by Gasteiger charge is -2.40. The summed E-state index contributed by atoms with van der Waals surface area (Å²) in [4.78, 5) is 8.04. The van der Waals surface area contributed by atoms with Crippen molar-refractivity contribution in [2.75, 3.05) is 17.8 Å². The number of anilines is 1. The molecule has 4 heteroatoms. The van der Waals surface area contributed by atoms with Crippen molar-refractivity contribution in [1.29, 1.82) is 0 Å². The molecule has 96 valence electrons. The summed E-state index contributed by atoms with van der Waals surface area (Å²) in [6.45, 7) is 4.42. The number of benzene rings is 1. The highest BCUT2D eigenvalue weighted by molar-refractivity contribution is 6.28. The van der Waals surface area contributed by atoms with Gasteiger partial charge in [0.1, 0.15) is 0 Å². The van der Waals surface area contributed by atoms with Gasteiger partial charge in [0, 0.05) is 12.7 Å². The van der Waals surface area contributed by atoms with E-state index in [9.17, 15) is 0 Å². The zero-order valence-electron chi connectivity index (χ0n) is 10.9. The number of nitrogens with zero attached hydrogens (tertiary/aromatic N) is 2. The number of alkyl halides is 1. The van der Waals surface area contributed by atoms with E-state index in [0.717, 1.165) is 12.1 Å². The molecule has 0 unspecified atom stereocenters. The van der Waals surface area contributed by atoms with Crippen LogP contribution in [-0.4, -0.2) is 24.4 Å². The quantitative estimate of drug-likeness (QED) is 0.728. The van der Waals surface area contributed by atoms with Gasteiger partial charge in [-0.05, 0) is 25.5 Å². The third-order valence-electron chi connectivity index (χ3n) is 4.38. The molecular weight excluding hydrogens is 248 g/mol. The van der Waals surface area contributed by atoms with E-state index in [1.807, 2.05) is 0 Å². The highest BCUT2D eigenvalue weighted by Gasteiger charge is 2.60. The van der Waals surface area contributed by atoms with Crippen LogP contribution in [0.1, 0.15) is 25.8 Å². The lowest BCUT2D eigenvalue weighted by molar-refractivity contribution is -0.0591. The van der Waals surface area contributed by atoms with Crippen LogP contribution < -0.4 is 4.90 Å². The van der Waals surface area contributed by atoms with E-state index >= 15 is 0 Å². The highest BCUT2D eigenvalue weighted by atomic mass is 35.5. The molecule has 0 radical (unpaired) electrons. The summed E-state index contributed by atoms with van der Waals surface area (Å²) in [5.41, 5.74) is 2.90. The number of fused-ring (bicyclic) bond motifs is 1. The molecule has 0 N–H and O–H groups in total. The van der Waals surface area contributed by atoms with Crippen molar-refractivity contribution in [3.8, 4) is 0 Å². The number of hydrogen-bond acceptors (Lipinski definition) is 3. The maximum atomic E-state index is 5.89. The van der Waals surface area contributed by atoms with Crippen molar-refractivity contribution in [3.63, 3.8) is 0 Å². The maximum Gasteiger partial charge on any atom is 0.224 e. The molecule has 1 aromatic rings. The zero-order valence-corrected chi connectivity index (χ0v) is 11.7. The van der Waals surface area contributed by atoms with Crippen LogP contribution >= 0.6 is 11.6 Å². The third kappa shape index (κ3) is 1.23. The van der Waals surface area contributed by atoms with Crippen molar-refractivity contribution in [1.82, 2.24) is 0 Å². The van der Waals surface area contributed by atoms with Gasteiger partial charge < -0.3 is 9.74 Å². The highest BCUT2D eigenvalue weighted by Crippen LogP contribution is 2.54. The summed E-state index contributed by atoms with van der Waals surface area (Å²) < 4.78 is 0. The number of para-hydroxylation sites is 1. The normalized spacial score (nSPS) is 28.2. The Bertz CT molecular complexity index is 526. The van der Waals surface area contributed by atoms with Gasteiger partial charge in [-0.25, -0.2) is 0 Å². The molecule has 0 bridgehead atoms. The number of oxime groups is 1. The van der Waals surface area contributed by atoms with E-state index in [-0.39, 0.29) is 5.41 Å². The number of rotatable bonds is 1. The van der Waals surface area contributed by atoms with E-state index in [4.69, 9.17) is 16.4 Å². The number of likely N-dealkylation sites (N-methyl/N-ethyl adjacent to an activating group) is 1. The zero-order chi connectivity index (χ0) is 13.0. The van der Waals surface area contributed by atoms with Crippen molar-refractivity contribution in [2.45, 2.75) is 31.4 Å². The second-order valence-corrected chi connectivity index (χ2v) is 5.81. The Kier molecular flexibility index (Phi) is 2.39. The lowest BCUT2D eigenvalue weighted by Crippen LogP contribution is -2.54. The summed E-state index contributed by atoms with van der Waals surface area (Å²) in [5, 5.41) is 4.16. The van der Waals surface area contributed by atoms with Crippen LogP contribution in [0.5, 0.6) is 0 Å². The van der Waals surface area contributed by atoms with Crippen LogP contribution in [0, 0.1) is 0 Å². The average Bonchev–Trinajstić information content (AvgIpc) is 2.89. The second-order valence-electron chi connectivity index (χ2n) is 5.54. The molecule has 0 amide bonds. The first-order valence-electron chi connectivity index (χ1n) is 6.16. The van der Waals surface area contributed by atoms with Crippen molar-refractivity contribution < 1.29 is 4.84 Å². The van der Waals surface area contributed by atoms with Gasteiger partial charge in [0.15, 0.2) is 0 Å². The molecule has 18 heavy (non-hydrogen) atoms. The van der Waals surface area contributed by atoms with E-state index in [1.54, 1.807) is 0 Å². The fraction of sp³-hybridized carbons (Fsp3) is 0.500. The van der Waals surface area contributed by atoms with Gasteiger partial charge in [-0.3, -0.25) is 0 Å². The summed E-state index contributed by atoms with van der Waals surface area (Å²) in [5.74, 6) is 0.433. The minimum atomic E-state index is -0.430. The number of halogens is 1. The molecule has 0 saturated carbocycles. The Balaban J connectivity index is 2.10. The van der Waals surface area contributed by atoms with Gasteiger partial charge in [0.25, 0.3) is 0 Å². The summed E-state index contributed by atoms with van der Waals surface area (Å²) >= 11 is 5.89. The lowest BCUT2D eigenvalue weighted by atomic mass is 9.76. The first kappa shape index (κ1) is 11.8. The molecule has 1 spiro atoms. The molecule has 2 heterocycles. The number of hydrogen-bond donors (Lipinski definition) is 0. The minimum absolute atomic E-state index is 0.115. The Morgan fingerprint density at radius 2 is 2.11 bits per heavy atom. The van der Waals surface area contributed by atoms with Crippen molar-refractivity contribution in [3.05, 3.63) is 29.8 Å². The van der Waals surface area contributed by atoms with E-state index in [0.29, 0.717) is 5.88 Å². The molecule has 0 fully saturated rings. The molecule has 1 aromatic carbocycles. The predicted molar refractivity (Wildman–Crippen MR) is 74.5 cm³/mol. The third-order valence-corrected chi connectivity index (χ3v) is 4.69. The maximum absolute atomic E-state index is 5.89. The van der Waals surface area contributed by atoms with Crippen LogP contribution in [0.2, 0.25) is 0 Å². The van der Waals surface area contributed by atoms with Gasteiger partial charge in [-0.1, -0.05) is 23.4 Å². The van der Waals surface area contributed by atoms with Gasteiger partial charge in [0.05, 0.1) is 23.4 Å². The van der Waals surface area contributed by atoms with Gasteiger partial charge in [-0.2, -0.15) is 0 Å². The smallest absolute Gasteiger partial charge is 0.224 e. The SMILES string of the molecule is CN1c2ccccc2C(C)(C)[C@@]12CC(CCl)=NO2. The van der Waals surface area contributed by atoms with Crippen LogP contribution in [-0.2, 0) is 10.3 Å². The fourth-order valence-corrected chi connectivity index (χ4v) is 3.33. The van der Waals surface area contributed by atoms with Crippen LogP contribution in [0.25, 0.3) is 0 Å². The van der Waals surface area contributed by atoms with Crippen LogP contribution in [0.3, 0.4) is 0 Å². The second kappa shape index (κ2) is 3.64. The summed E-state index contributed by atoms with van der Waals surface area (Å²) in [6, 6.07) is 8.44. The standard InChI is InChI=1S/C14H17ClN2O/c1-13(2)11-6-4-5-7-12(11)17(3)14(13)8-10(9-15)16-18-14/h4-7H,8-9H2,1-3H3/t14-/m0/s1. The van der Waals surface area contributed by atoms with Crippen LogP contribution in [0.15, 0.2) is 29.4 Å². The molecule has 2 aliphatic rings. The Morgan fingerprint density at radius 3 is 2.72 bits per heavy atom. The van der Waals surface area contributed by atoms with Gasteiger partial charge in [0.2, 0.25) is 5.72 Å². The molecular formula is C14H17ClN2O. The van der Waals surface area contributed by atoms with Gasteiger partial charge >= 0.3 is 0 Å². The van der Waals surface area contributed by atoms with Crippen molar-refractivity contribution in [2.24, 2.45) is 5.16 Å². The monoisotopic (exact) mass is 264 g/mol. The molecule has 0 saturated heterocycles. The average molecular weight is 265 g/mol. The van der Waals surface area contributed by atoms with E-state index < -0.39 is 5.72 Å². The fourth-order valence-electron chi connectivity index (χ4n) is 3.19. The largest absolute Gasteiger partial charge is 0.366 e.